The first kappa shape index (κ1) is 16.9. The number of benzene rings is 2. The molecule has 0 spiro atoms. The highest BCUT2D eigenvalue weighted by Crippen LogP contribution is 2.26. The van der Waals surface area contributed by atoms with Gasteiger partial charge in [0.2, 0.25) is 0 Å². The van der Waals surface area contributed by atoms with Crippen LogP contribution in [-0.2, 0) is 0 Å². The average molecular weight is 350 g/mol. The zero-order chi connectivity index (χ0) is 17.9. The van der Waals surface area contributed by atoms with Crippen molar-refractivity contribution in [1.29, 1.82) is 0 Å². The number of rotatable bonds is 5. The molecule has 1 aliphatic rings. The Morgan fingerprint density at radius 2 is 1.81 bits per heavy atom. The van der Waals surface area contributed by atoms with Crippen LogP contribution in [0.4, 0.5) is 5.69 Å². The average Bonchev–Trinajstić information content (AvgIpc) is 3.10. The van der Waals surface area contributed by atoms with Crippen molar-refractivity contribution in [3.8, 4) is 17.1 Å². The van der Waals surface area contributed by atoms with E-state index in [1.165, 1.54) is 5.69 Å². The van der Waals surface area contributed by atoms with Crippen molar-refractivity contribution >= 4 is 16.7 Å². The van der Waals surface area contributed by atoms with Gasteiger partial charge in [0.1, 0.15) is 11.6 Å². The van der Waals surface area contributed by atoms with Crippen molar-refractivity contribution in [2.75, 3.05) is 44.7 Å². The standard InChI is InChI=1S/C21H26N4O/c1-3-14-26-18-7-4-16(5-8-18)21-22-19-9-6-17(15-20(19)23-21)25-12-10-24(2)11-13-25/h4-9,15H,3,10-14H2,1-2H3,(H,22,23). The van der Waals surface area contributed by atoms with Crippen LogP contribution < -0.4 is 9.64 Å². The van der Waals surface area contributed by atoms with Crippen molar-refractivity contribution in [1.82, 2.24) is 14.9 Å². The topological polar surface area (TPSA) is 44.4 Å². The van der Waals surface area contributed by atoms with E-state index < -0.39 is 0 Å². The summed E-state index contributed by atoms with van der Waals surface area (Å²) >= 11 is 0. The molecular formula is C21H26N4O. The van der Waals surface area contributed by atoms with Crippen molar-refractivity contribution < 1.29 is 4.74 Å². The molecule has 0 radical (unpaired) electrons. The molecule has 0 amide bonds. The summed E-state index contributed by atoms with van der Waals surface area (Å²) in [6.07, 6.45) is 1.01. The molecule has 0 unspecified atom stereocenters. The Kier molecular flexibility index (Phi) is 4.80. The zero-order valence-corrected chi connectivity index (χ0v) is 15.5. The highest BCUT2D eigenvalue weighted by atomic mass is 16.5. The molecule has 5 heteroatoms. The lowest BCUT2D eigenvalue weighted by atomic mass is 10.2. The predicted molar refractivity (Wildman–Crippen MR) is 107 cm³/mol. The van der Waals surface area contributed by atoms with Gasteiger partial charge in [-0.3, -0.25) is 0 Å². The van der Waals surface area contributed by atoms with Crippen molar-refractivity contribution in [2.24, 2.45) is 0 Å². The number of hydrogen-bond acceptors (Lipinski definition) is 4. The first-order chi connectivity index (χ1) is 12.7. The molecule has 1 saturated heterocycles. The number of H-pyrrole nitrogens is 1. The molecule has 0 saturated carbocycles. The van der Waals surface area contributed by atoms with Crippen LogP contribution in [0.1, 0.15) is 13.3 Å². The van der Waals surface area contributed by atoms with E-state index in [4.69, 9.17) is 9.72 Å². The minimum absolute atomic E-state index is 0.749. The number of nitrogens with zero attached hydrogens (tertiary/aromatic N) is 3. The zero-order valence-electron chi connectivity index (χ0n) is 15.5. The molecule has 4 rings (SSSR count). The van der Waals surface area contributed by atoms with E-state index in [-0.39, 0.29) is 0 Å². The Labute approximate surface area is 154 Å². The minimum atomic E-state index is 0.749. The molecule has 1 aromatic heterocycles. The number of ether oxygens (including phenoxy) is 1. The van der Waals surface area contributed by atoms with E-state index in [9.17, 15) is 0 Å². The van der Waals surface area contributed by atoms with Gasteiger partial charge in [-0.2, -0.15) is 0 Å². The molecule has 1 fully saturated rings. The number of aromatic amines is 1. The van der Waals surface area contributed by atoms with Crippen LogP contribution in [0.25, 0.3) is 22.4 Å². The normalized spacial score (nSPS) is 15.5. The summed E-state index contributed by atoms with van der Waals surface area (Å²) in [5.74, 6) is 1.81. The number of hydrogen-bond donors (Lipinski definition) is 1. The third-order valence-electron chi connectivity index (χ3n) is 4.93. The van der Waals surface area contributed by atoms with Gasteiger partial charge in [0.25, 0.3) is 0 Å². The number of likely N-dealkylation sites (N-methyl/N-ethyl adjacent to an activating group) is 1. The van der Waals surface area contributed by atoms with E-state index >= 15 is 0 Å². The molecule has 136 valence electrons. The number of imidazole rings is 1. The fourth-order valence-corrected chi connectivity index (χ4v) is 3.32. The van der Waals surface area contributed by atoms with E-state index in [0.29, 0.717) is 0 Å². The summed E-state index contributed by atoms with van der Waals surface area (Å²) in [6.45, 7) is 7.22. The van der Waals surface area contributed by atoms with Crippen LogP contribution in [0, 0.1) is 0 Å². The van der Waals surface area contributed by atoms with Crippen LogP contribution >= 0.6 is 0 Å². The molecule has 0 aliphatic carbocycles. The Hall–Kier alpha value is -2.53. The van der Waals surface area contributed by atoms with Gasteiger partial charge in [0, 0.05) is 37.4 Å². The Morgan fingerprint density at radius 3 is 2.54 bits per heavy atom. The number of fused-ring (bicyclic) bond motifs is 1. The minimum Gasteiger partial charge on any atom is -0.494 e. The molecule has 1 aliphatic heterocycles. The summed E-state index contributed by atoms with van der Waals surface area (Å²) in [5, 5.41) is 0. The van der Waals surface area contributed by atoms with Gasteiger partial charge in [0.05, 0.1) is 17.6 Å². The second-order valence-electron chi connectivity index (χ2n) is 6.95. The molecule has 1 N–H and O–H groups in total. The van der Waals surface area contributed by atoms with Gasteiger partial charge >= 0.3 is 0 Å². The Balaban J connectivity index is 1.55. The second kappa shape index (κ2) is 7.38. The number of aromatic nitrogens is 2. The molecule has 2 heterocycles. The summed E-state index contributed by atoms with van der Waals surface area (Å²) < 4.78 is 5.66. The van der Waals surface area contributed by atoms with Gasteiger partial charge in [-0.05, 0) is 55.9 Å². The largest absolute Gasteiger partial charge is 0.494 e. The van der Waals surface area contributed by atoms with E-state index in [1.807, 2.05) is 12.1 Å². The maximum Gasteiger partial charge on any atom is 0.138 e. The van der Waals surface area contributed by atoms with Crippen molar-refractivity contribution in [2.45, 2.75) is 13.3 Å². The van der Waals surface area contributed by atoms with Crippen LogP contribution in [0.15, 0.2) is 42.5 Å². The summed E-state index contributed by atoms with van der Waals surface area (Å²) in [7, 11) is 2.18. The summed E-state index contributed by atoms with van der Waals surface area (Å²) in [6, 6.07) is 14.6. The molecule has 0 atom stereocenters. The maximum absolute atomic E-state index is 5.66. The molecule has 2 aromatic carbocycles. The molecular weight excluding hydrogens is 324 g/mol. The van der Waals surface area contributed by atoms with Gasteiger partial charge in [-0.25, -0.2) is 4.98 Å². The summed E-state index contributed by atoms with van der Waals surface area (Å²) in [4.78, 5) is 13.0. The lowest BCUT2D eigenvalue weighted by Gasteiger charge is -2.34. The van der Waals surface area contributed by atoms with Crippen LogP contribution in [-0.4, -0.2) is 54.7 Å². The lowest BCUT2D eigenvalue weighted by Crippen LogP contribution is -2.44. The van der Waals surface area contributed by atoms with E-state index in [0.717, 1.165) is 67.4 Å². The van der Waals surface area contributed by atoms with Crippen LogP contribution in [0.3, 0.4) is 0 Å². The fraction of sp³-hybridized carbons (Fsp3) is 0.381. The van der Waals surface area contributed by atoms with Crippen LogP contribution in [0.5, 0.6) is 5.75 Å². The third-order valence-corrected chi connectivity index (χ3v) is 4.93. The van der Waals surface area contributed by atoms with E-state index in [2.05, 4.69) is 59.1 Å². The monoisotopic (exact) mass is 350 g/mol. The number of piperazine rings is 1. The predicted octanol–water partition coefficient (Wildman–Crippen LogP) is 3.77. The van der Waals surface area contributed by atoms with Crippen LogP contribution in [0.2, 0.25) is 0 Å². The molecule has 26 heavy (non-hydrogen) atoms. The SMILES string of the molecule is CCCOc1ccc(-c2nc3ccc(N4CCN(C)CC4)cc3[nH]2)cc1. The summed E-state index contributed by atoms with van der Waals surface area (Å²) in [5.41, 5.74) is 4.43. The van der Waals surface area contributed by atoms with Gasteiger partial charge < -0.3 is 19.5 Å². The molecule has 5 nitrogen and oxygen atoms in total. The Bertz CT molecular complexity index is 863. The number of anilines is 1. The van der Waals surface area contributed by atoms with Gasteiger partial charge in [-0.15, -0.1) is 0 Å². The van der Waals surface area contributed by atoms with E-state index in [1.54, 1.807) is 0 Å². The first-order valence-electron chi connectivity index (χ1n) is 9.39. The quantitative estimate of drug-likeness (QED) is 0.761. The number of nitrogens with one attached hydrogen (secondary N) is 1. The highest BCUT2D eigenvalue weighted by molar-refractivity contribution is 5.83. The Morgan fingerprint density at radius 1 is 1.04 bits per heavy atom. The lowest BCUT2D eigenvalue weighted by molar-refractivity contribution is 0.313. The smallest absolute Gasteiger partial charge is 0.138 e. The van der Waals surface area contributed by atoms with Gasteiger partial charge in [-0.1, -0.05) is 6.92 Å². The first-order valence-corrected chi connectivity index (χ1v) is 9.39. The van der Waals surface area contributed by atoms with Gasteiger partial charge in [0.15, 0.2) is 0 Å². The molecule has 0 bridgehead atoms. The van der Waals surface area contributed by atoms with Crippen molar-refractivity contribution in [3.63, 3.8) is 0 Å². The maximum atomic E-state index is 5.66. The highest BCUT2D eigenvalue weighted by Gasteiger charge is 2.15. The second-order valence-corrected chi connectivity index (χ2v) is 6.95. The molecule has 3 aromatic rings. The third kappa shape index (κ3) is 3.53. The van der Waals surface area contributed by atoms with Crippen molar-refractivity contribution in [3.05, 3.63) is 42.5 Å². The fourth-order valence-electron chi connectivity index (χ4n) is 3.32.